The molecule has 0 radical (unpaired) electrons. The molecule has 0 saturated carbocycles. The molecule has 0 spiro atoms. The van der Waals surface area contributed by atoms with Gasteiger partial charge in [-0.1, -0.05) is 11.6 Å². The highest BCUT2D eigenvalue weighted by Crippen LogP contribution is 2.30. The summed E-state index contributed by atoms with van der Waals surface area (Å²) in [5.41, 5.74) is -0.642. The summed E-state index contributed by atoms with van der Waals surface area (Å²) in [6, 6.07) is 0.965. The van der Waals surface area contributed by atoms with E-state index < -0.39 is 23.7 Å². The lowest BCUT2D eigenvalue weighted by molar-refractivity contribution is -0.137. The van der Waals surface area contributed by atoms with Crippen LogP contribution in [0, 0.1) is 0 Å². The van der Waals surface area contributed by atoms with E-state index in [2.05, 4.69) is 5.32 Å². The predicted octanol–water partition coefficient (Wildman–Crippen LogP) is 3.44. The van der Waals surface area contributed by atoms with E-state index in [0.717, 1.165) is 0 Å². The Morgan fingerprint density at radius 3 is 2.58 bits per heavy atom. The van der Waals surface area contributed by atoms with Crippen molar-refractivity contribution in [1.82, 2.24) is 5.32 Å². The van der Waals surface area contributed by atoms with Crippen molar-refractivity contribution in [3.8, 4) is 0 Å². The Balaban J connectivity index is 2.79. The van der Waals surface area contributed by atoms with Gasteiger partial charge in [-0.25, -0.2) is 4.79 Å². The van der Waals surface area contributed by atoms with Crippen LogP contribution >= 0.6 is 22.9 Å². The minimum Gasteiger partial charge on any atom is -0.481 e. The molecule has 2 N–H and O–H groups in total. The molecule has 19 heavy (non-hydrogen) atoms. The first-order chi connectivity index (χ1) is 8.69. The molecule has 0 aliphatic rings. The number of hydrogen-bond acceptors (Lipinski definition) is 4. The maximum absolute atomic E-state index is 11.7. The normalized spacial score (nSPS) is 12.8. The first-order valence-electron chi connectivity index (χ1n) is 5.63. The molecule has 1 atom stereocenters. The Hall–Kier alpha value is -1.27. The van der Waals surface area contributed by atoms with E-state index in [9.17, 15) is 9.59 Å². The SMILES string of the molecule is CC(C)(C)OC(=O)N[C@@H](CC(=O)O)c1sccc1Cl. The zero-order valence-corrected chi connectivity index (χ0v) is 12.5. The number of nitrogens with one attached hydrogen (secondary N) is 1. The Kier molecular flexibility index (Phi) is 5.20. The topological polar surface area (TPSA) is 75.6 Å². The van der Waals surface area contributed by atoms with Crippen LogP contribution in [0.3, 0.4) is 0 Å². The highest BCUT2D eigenvalue weighted by Gasteiger charge is 2.24. The Morgan fingerprint density at radius 2 is 2.16 bits per heavy atom. The van der Waals surface area contributed by atoms with Gasteiger partial charge >= 0.3 is 12.1 Å². The van der Waals surface area contributed by atoms with Crippen LogP contribution < -0.4 is 5.32 Å². The van der Waals surface area contributed by atoms with Gasteiger partial charge in [0.05, 0.1) is 17.5 Å². The highest BCUT2D eigenvalue weighted by atomic mass is 35.5. The summed E-state index contributed by atoms with van der Waals surface area (Å²) in [7, 11) is 0. The second kappa shape index (κ2) is 6.25. The minimum absolute atomic E-state index is 0.251. The molecule has 0 unspecified atom stereocenters. The number of ether oxygens (including phenoxy) is 1. The minimum atomic E-state index is -1.02. The molecule has 1 heterocycles. The van der Waals surface area contributed by atoms with Crippen molar-refractivity contribution in [2.75, 3.05) is 0 Å². The zero-order valence-electron chi connectivity index (χ0n) is 10.9. The second-order valence-corrected chi connectivity index (χ2v) is 6.28. The Morgan fingerprint density at radius 1 is 1.53 bits per heavy atom. The van der Waals surface area contributed by atoms with E-state index in [1.54, 1.807) is 32.2 Å². The van der Waals surface area contributed by atoms with Crippen LogP contribution in [0.4, 0.5) is 4.79 Å². The fourth-order valence-corrected chi connectivity index (χ4v) is 2.63. The van der Waals surface area contributed by atoms with Crippen molar-refractivity contribution >= 4 is 35.0 Å². The summed E-state index contributed by atoms with van der Waals surface area (Å²) in [6.07, 6.45) is -0.914. The number of carbonyl (C=O) groups is 2. The van der Waals surface area contributed by atoms with E-state index in [0.29, 0.717) is 9.90 Å². The number of rotatable bonds is 4. The molecule has 0 bridgehead atoms. The van der Waals surface area contributed by atoms with Crippen LogP contribution in [0.25, 0.3) is 0 Å². The third-order valence-electron chi connectivity index (χ3n) is 2.03. The van der Waals surface area contributed by atoms with Gasteiger partial charge in [0.1, 0.15) is 5.60 Å². The number of halogens is 1. The summed E-state index contributed by atoms with van der Waals surface area (Å²) in [4.78, 5) is 23.2. The first-order valence-corrected chi connectivity index (χ1v) is 6.89. The summed E-state index contributed by atoms with van der Waals surface area (Å²) in [5, 5.41) is 13.6. The fraction of sp³-hybridized carbons (Fsp3) is 0.500. The maximum Gasteiger partial charge on any atom is 0.408 e. The van der Waals surface area contributed by atoms with Crippen LogP contribution in [-0.2, 0) is 9.53 Å². The number of aliphatic carboxylic acids is 1. The summed E-state index contributed by atoms with van der Waals surface area (Å²) >= 11 is 7.25. The first kappa shape index (κ1) is 15.8. The van der Waals surface area contributed by atoms with Crippen molar-refractivity contribution < 1.29 is 19.4 Å². The lowest BCUT2D eigenvalue weighted by Gasteiger charge is -2.22. The second-order valence-electron chi connectivity index (χ2n) is 4.93. The predicted molar refractivity (Wildman–Crippen MR) is 73.7 cm³/mol. The van der Waals surface area contributed by atoms with Crippen LogP contribution in [0.15, 0.2) is 11.4 Å². The number of thiophene rings is 1. The summed E-state index contributed by atoms with van der Waals surface area (Å²) in [6.45, 7) is 5.20. The van der Waals surface area contributed by atoms with Gasteiger partial charge in [0, 0.05) is 4.88 Å². The van der Waals surface area contributed by atoms with Gasteiger partial charge in [0.25, 0.3) is 0 Å². The summed E-state index contributed by atoms with van der Waals surface area (Å²) in [5.74, 6) is -1.02. The van der Waals surface area contributed by atoms with Crippen molar-refractivity contribution in [3.05, 3.63) is 21.3 Å². The van der Waals surface area contributed by atoms with E-state index in [-0.39, 0.29) is 6.42 Å². The van der Waals surface area contributed by atoms with Crippen LogP contribution in [0.5, 0.6) is 0 Å². The number of carbonyl (C=O) groups excluding carboxylic acids is 1. The monoisotopic (exact) mass is 305 g/mol. The summed E-state index contributed by atoms with van der Waals surface area (Å²) < 4.78 is 5.11. The van der Waals surface area contributed by atoms with Gasteiger partial charge in [-0.15, -0.1) is 11.3 Å². The molecule has 1 rings (SSSR count). The van der Waals surface area contributed by atoms with Crippen LogP contribution in [-0.4, -0.2) is 22.8 Å². The van der Waals surface area contributed by atoms with E-state index >= 15 is 0 Å². The number of hydrogen-bond donors (Lipinski definition) is 2. The molecule has 0 saturated heterocycles. The number of amides is 1. The molecular formula is C12H16ClNO4S. The van der Waals surface area contributed by atoms with Gasteiger partial charge < -0.3 is 15.2 Å². The molecule has 1 aromatic heterocycles. The zero-order chi connectivity index (χ0) is 14.6. The fourth-order valence-electron chi connectivity index (χ4n) is 1.39. The Bertz CT molecular complexity index is 467. The van der Waals surface area contributed by atoms with Gasteiger partial charge in [-0.05, 0) is 32.2 Å². The van der Waals surface area contributed by atoms with Gasteiger partial charge in [0.15, 0.2) is 0 Å². The number of alkyl carbamates (subject to hydrolysis) is 1. The molecule has 1 aromatic rings. The average molecular weight is 306 g/mol. The van der Waals surface area contributed by atoms with Crippen LogP contribution in [0.1, 0.15) is 38.1 Å². The van der Waals surface area contributed by atoms with Gasteiger partial charge in [-0.2, -0.15) is 0 Å². The molecule has 0 aliphatic heterocycles. The lowest BCUT2D eigenvalue weighted by atomic mass is 10.1. The van der Waals surface area contributed by atoms with E-state index in [1.807, 2.05) is 0 Å². The van der Waals surface area contributed by atoms with Crippen LogP contribution in [0.2, 0.25) is 5.02 Å². The quantitative estimate of drug-likeness (QED) is 0.893. The van der Waals surface area contributed by atoms with Crippen molar-refractivity contribution in [1.29, 1.82) is 0 Å². The number of carboxylic acid groups (broad SMARTS) is 1. The molecule has 0 fully saturated rings. The van der Waals surface area contributed by atoms with Crippen molar-refractivity contribution in [2.24, 2.45) is 0 Å². The Labute approximate surface area is 120 Å². The van der Waals surface area contributed by atoms with E-state index in [1.165, 1.54) is 11.3 Å². The molecule has 0 aromatic carbocycles. The van der Waals surface area contributed by atoms with Gasteiger partial charge in [-0.3, -0.25) is 4.79 Å². The van der Waals surface area contributed by atoms with E-state index in [4.69, 9.17) is 21.4 Å². The third-order valence-corrected chi connectivity index (χ3v) is 3.50. The maximum atomic E-state index is 11.7. The molecule has 7 heteroatoms. The molecule has 106 valence electrons. The number of carboxylic acids is 1. The third kappa shape index (κ3) is 5.48. The highest BCUT2D eigenvalue weighted by molar-refractivity contribution is 7.10. The van der Waals surface area contributed by atoms with Crippen molar-refractivity contribution in [3.63, 3.8) is 0 Å². The largest absolute Gasteiger partial charge is 0.481 e. The molecular weight excluding hydrogens is 290 g/mol. The van der Waals surface area contributed by atoms with Gasteiger partial charge in [0.2, 0.25) is 0 Å². The molecule has 5 nitrogen and oxygen atoms in total. The standard InChI is InChI=1S/C12H16ClNO4S/c1-12(2,3)18-11(17)14-8(6-9(15)16)10-7(13)4-5-19-10/h4-5,8H,6H2,1-3H3,(H,14,17)(H,15,16)/t8-/m0/s1. The average Bonchev–Trinajstić information content (AvgIpc) is 2.59. The van der Waals surface area contributed by atoms with Crippen molar-refractivity contribution in [2.45, 2.75) is 38.8 Å². The smallest absolute Gasteiger partial charge is 0.408 e. The molecule has 1 amide bonds. The molecule has 0 aliphatic carbocycles. The lowest BCUT2D eigenvalue weighted by Crippen LogP contribution is -2.35.